The second-order valence-electron chi connectivity index (χ2n) is 5.60. The molecule has 1 N–H and O–H groups in total. The summed E-state index contributed by atoms with van der Waals surface area (Å²) in [4.78, 5) is 4.98. The minimum atomic E-state index is 0.612. The van der Waals surface area contributed by atoms with Gasteiger partial charge in [0.15, 0.2) is 0 Å². The molecular formula is C14H31N3O. The van der Waals surface area contributed by atoms with Crippen LogP contribution in [-0.4, -0.2) is 75.9 Å². The topological polar surface area (TPSA) is 27.7 Å². The van der Waals surface area contributed by atoms with E-state index in [2.05, 4.69) is 36.1 Å². The maximum absolute atomic E-state index is 5.05. The van der Waals surface area contributed by atoms with E-state index in [1.165, 1.54) is 25.9 Å². The first-order chi connectivity index (χ1) is 8.65. The molecule has 108 valence electrons. The van der Waals surface area contributed by atoms with Gasteiger partial charge in [0.05, 0.1) is 0 Å². The van der Waals surface area contributed by atoms with Crippen LogP contribution in [0.4, 0.5) is 0 Å². The minimum Gasteiger partial charge on any atom is -0.385 e. The molecule has 0 amide bonds. The second kappa shape index (κ2) is 8.86. The normalized spacial score (nSPS) is 20.5. The molecule has 1 rings (SSSR count). The quantitative estimate of drug-likeness (QED) is 0.657. The van der Waals surface area contributed by atoms with E-state index >= 15 is 0 Å². The average Bonchev–Trinajstić information content (AvgIpc) is 2.38. The number of hydrogen-bond donors (Lipinski definition) is 1. The maximum atomic E-state index is 5.05. The van der Waals surface area contributed by atoms with E-state index in [4.69, 9.17) is 4.74 Å². The Balaban J connectivity index is 2.14. The summed E-state index contributed by atoms with van der Waals surface area (Å²) in [5.41, 5.74) is 0. The van der Waals surface area contributed by atoms with Crippen molar-refractivity contribution in [2.24, 2.45) is 0 Å². The number of piperidine rings is 1. The van der Waals surface area contributed by atoms with Gasteiger partial charge < -0.3 is 15.0 Å². The van der Waals surface area contributed by atoms with Gasteiger partial charge in [-0.25, -0.2) is 0 Å². The fourth-order valence-electron chi connectivity index (χ4n) is 2.56. The monoisotopic (exact) mass is 257 g/mol. The summed E-state index contributed by atoms with van der Waals surface area (Å²) in [6.07, 6.45) is 3.71. The van der Waals surface area contributed by atoms with Crippen LogP contribution >= 0.6 is 0 Å². The fraction of sp³-hybridized carbons (Fsp3) is 1.00. The molecule has 0 aromatic rings. The second-order valence-corrected chi connectivity index (χ2v) is 5.60. The molecule has 0 aliphatic carbocycles. The molecule has 0 aromatic carbocycles. The Bertz CT molecular complexity index is 205. The van der Waals surface area contributed by atoms with E-state index in [9.17, 15) is 0 Å². The predicted molar refractivity (Wildman–Crippen MR) is 77.1 cm³/mol. The summed E-state index contributed by atoms with van der Waals surface area (Å²) >= 11 is 0. The first-order valence-electron chi connectivity index (χ1n) is 7.25. The molecule has 0 saturated carbocycles. The van der Waals surface area contributed by atoms with Crippen molar-refractivity contribution in [3.8, 4) is 0 Å². The van der Waals surface area contributed by atoms with Crippen LogP contribution in [0.25, 0.3) is 0 Å². The lowest BCUT2D eigenvalue weighted by atomic mass is 10.0. The maximum Gasteiger partial charge on any atom is 0.0474 e. The van der Waals surface area contributed by atoms with Crippen molar-refractivity contribution in [2.45, 2.75) is 38.3 Å². The Morgan fingerprint density at radius 1 is 1.39 bits per heavy atom. The lowest BCUT2D eigenvalue weighted by Crippen LogP contribution is -2.48. The Labute approximate surface area is 113 Å². The third-order valence-electron chi connectivity index (χ3n) is 4.10. The van der Waals surface area contributed by atoms with Gasteiger partial charge in [-0.15, -0.1) is 0 Å². The zero-order valence-corrected chi connectivity index (χ0v) is 12.6. The zero-order chi connectivity index (χ0) is 13.4. The van der Waals surface area contributed by atoms with Crippen LogP contribution in [0.5, 0.6) is 0 Å². The van der Waals surface area contributed by atoms with Gasteiger partial charge in [0.1, 0.15) is 0 Å². The van der Waals surface area contributed by atoms with Crippen LogP contribution in [0.1, 0.15) is 26.2 Å². The minimum absolute atomic E-state index is 0.612. The number of methoxy groups -OCH3 is 1. The van der Waals surface area contributed by atoms with Crippen molar-refractivity contribution in [1.29, 1.82) is 0 Å². The predicted octanol–water partition coefficient (Wildman–Crippen LogP) is 1.03. The van der Waals surface area contributed by atoms with E-state index < -0.39 is 0 Å². The molecular weight excluding hydrogens is 226 g/mol. The van der Waals surface area contributed by atoms with E-state index in [1.54, 1.807) is 7.11 Å². The van der Waals surface area contributed by atoms with Crippen LogP contribution < -0.4 is 5.32 Å². The molecule has 18 heavy (non-hydrogen) atoms. The largest absolute Gasteiger partial charge is 0.385 e. The van der Waals surface area contributed by atoms with Crippen LogP contribution in [0.3, 0.4) is 0 Å². The molecule has 1 saturated heterocycles. The highest BCUT2D eigenvalue weighted by Gasteiger charge is 2.23. The number of ether oxygens (including phenoxy) is 1. The third kappa shape index (κ3) is 5.65. The molecule has 0 aromatic heterocycles. The molecule has 1 fully saturated rings. The SMILES string of the molecule is COCCCNCC(C)N(C)C1CCN(C)CC1. The van der Waals surface area contributed by atoms with Crippen molar-refractivity contribution in [1.82, 2.24) is 15.1 Å². The molecule has 0 radical (unpaired) electrons. The van der Waals surface area contributed by atoms with Crippen molar-refractivity contribution in [3.63, 3.8) is 0 Å². The van der Waals surface area contributed by atoms with Gasteiger partial charge in [-0.05, 0) is 59.9 Å². The summed E-state index contributed by atoms with van der Waals surface area (Å²) in [6, 6.07) is 1.37. The Morgan fingerprint density at radius 3 is 2.67 bits per heavy atom. The zero-order valence-electron chi connectivity index (χ0n) is 12.6. The fourth-order valence-corrected chi connectivity index (χ4v) is 2.56. The first kappa shape index (κ1) is 15.9. The van der Waals surface area contributed by atoms with Crippen LogP contribution in [0, 0.1) is 0 Å². The molecule has 4 heteroatoms. The Morgan fingerprint density at radius 2 is 2.06 bits per heavy atom. The van der Waals surface area contributed by atoms with Gasteiger partial charge in [0.25, 0.3) is 0 Å². The molecule has 1 aliphatic heterocycles. The Kier molecular flexibility index (Phi) is 7.82. The first-order valence-corrected chi connectivity index (χ1v) is 7.25. The van der Waals surface area contributed by atoms with E-state index in [0.29, 0.717) is 6.04 Å². The van der Waals surface area contributed by atoms with Crippen molar-refractivity contribution in [3.05, 3.63) is 0 Å². The Hall–Kier alpha value is -0.160. The van der Waals surface area contributed by atoms with E-state index in [0.717, 1.165) is 32.2 Å². The average molecular weight is 257 g/mol. The molecule has 1 atom stereocenters. The van der Waals surface area contributed by atoms with E-state index in [1.807, 2.05) is 0 Å². The van der Waals surface area contributed by atoms with Gasteiger partial charge in [-0.2, -0.15) is 0 Å². The summed E-state index contributed by atoms with van der Waals surface area (Å²) in [5.74, 6) is 0. The van der Waals surface area contributed by atoms with Crippen molar-refractivity contribution >= 4 is 0 Å². The number of nitrogens with one attached hydrogen (secondary N) is 1. The molecule has 4 nitrogen and oxygen atoms in total. The number of nitrogens with zero attached hydrogens (tertiary/aromatic N) is 2. The molecule has 0 bridgehead atoms. The van der Waals surface area contributed by atoms with E-state index in [-0.39, 0.29) is 0 Å². The van der Waals surface area contributed by atoms with Gasteiger partial charge in [0, 0.05) is 32.3 Å². The van der Waals surface area contributed by atoms with Gasteiger partial charge in [-0.1, -0.05) is 0 Å². The number of likely N-dealkylation sites (N-methyl/N-ethyl adjacent to an activating group) is 1. The molecule has 1 heterocycles. The van der Waals surface area contributed by atoms with Crippen LogP contribution in [0.2, 0.25) is 0 Å². The summed E-state index contributed by atoms with van der Waals surface area (Å²) < 4.78 is 5.05. The van der Waals surface area contributed by atoms with Gasteiger partial charge in [-0.3, -0.25) is 4.90 Å². The lowest BCUT2D eigenvalue weighted by molar-refractivity contribution is 0.112. The van der Waals surface area contributed by atoms with Crippen molar-refractivity contribution < 1.29 is 4.74 Å². The highest BCUT2D eigenvalue weighted by Crippen LogP contribution is 2.15. The molecule has 1 aliphatic rings. The van der Waals surface area contributed by atoms with Gasteiger partial charge in [0.2, 0.25) is 0 Å². The third-order valence-corrected chi connectivity index (χ3v) is 4.10. The smallest absolute Gasteiger partial charge is 0.0474 e. The number of likely N-dealkylation sites (tertiary alicyclic amines) is 1. The summed E-state index contributed by atoms with van der Waals surface area (Å²) in [7, 11) is 6.25. The lowest BCUT2D eigenvalue weighted by Gasteiger charge is -2.38. The van der Waals surface area contributed by atoms with Crippen molar-refractivity contribution in [2.75, 3.05) is 54.0 Å². The summed E-state index contributed by atoms with van der Waals surface area (Å²) in [6.45, 7) is 7.78. The number of rotatable bonds is 8. The van der Waals surface area contributed by atoms with Crippen LogP contribution in [-0.2, 0) is 4.74 Å². The van der Waals surface area contributed by atoms with Crippen LogP contribution in [0.15, 0.2) is 0 Å². The molecule has 0 spiro atoms. The van der Waals surface area contributed by atoms with Gasteiger partial charge >= 0.3 is 0 Å². The highest BCUT2D eigenvalue weighted by atomic mass is 16.5. The summed E-state index contributed by atoms with van der Waals surface area (Å²) in [5, 5.41) is 3.52. The highest BCUT2D eigenvalue weighted by molar-refractivity contribution is 4.80. The number of hydrogen-bond acceptors (Lipinski definition) is 4. The molecule has 1 unspecified atom stereocenters. The standard InChI is InChI=1S/C14H31N3O/c1-13(12-15-8-5-11-18-4)17(3)14-6-9-16(2)10-7-14/h13-15H,5-12H2,1-4H3.